The van der Waals surface area contributed by atoms with Gasteiger partial charge in [-0.05, 0) is 56.6 Å². The monoisotopic (exact) mass is 380 g/mol. The average Bonchev–Trinajstić information content (AvgIpc) is 3.02. The van der Waals surface area contributed by atoms with Crippen molar-refractivity contribution in [2.24, 2.45) is 0 Å². The summed E-state index contributed by atoms with van der Waals surface area (Å²) in [5.41, 5.74) is 3.11. The summed E-state index contributed by atoms with van der Waals surface area (Å²) in [5.74, 6) is 1.25. The Hall–Kier alpha value is -2.53. The fourth-order valence-corrected chi connectivity index (χ4v) is 3.98. The molecule has 2 heterocycles. The molecule has 2 aromatic carbocycles. The van der Waals surface area contributed by atoms with Gasteiger partial charge in [0.25, 0.3) is 5.91 Å². The summed E-state index contributed by atoms with van der Waals surface area (Å²) in [6.45, 7) is 5.07. The van der Waals surface area contributed by atoms with E-state index in [0.29, 0.717) is 23.6 Å². The van der Waals surface area contributed by atoms with Gasteiger partial charge in [0.1, 0.15) is 0 Å². The van der Waals surface area contributed by atoms with E-state index in [4.69, 9.17) is 9.47 Å². The van der Waals surface area contributed by atoms with Crippen LogP contribution in [0.1, 0.15) is 53.2 Å². The second-order valence-electron chi connectivity index (χ2n) is 7.65. The van der Waals surface area contributed by atoms with Gasteiger partial charge in [-0.1, -0.05) is 42.7 Å². The van der Waals surface area contributed by atoms with Crippen molar-refractivity contribution in [3.63, 3.8) is 0 Å². The highest BCUT2D eigenvalue weighted by molar-refractivity contribution is 5.95. The Morgan fingerprint density at radius 3 is 2.46 bits per heavy atom. The van der Waals surface area contributed by atoms with Crippen molar-refractivity contribution in [2.75, 3.05) is 26.4 Å². The molecule has 5 nitrogen and oxygen atoms in total. The van der Waals surface area contributed by atoms with Crippen LogP contribution in [0.15, 0.2) is 42.5 Å². The number of likely N-dealkylation sites (tertiary alicyclic amines) is 1. The lowest BCUT2D eigenvalue weighted by Gasteiger charge is -2.31. The second kappa shape index (κ2) is 8.65. The Kier molecular flexibility index (Phi) is 5.81. The fourth-order valence-electron chi connectivity index (χ4n) is 3.98. The SMILES string of the molecule is Cc1ccc(C(CNC(=O)c2ccc3c(c2)OCO3)N2CCCCCC2)cc1. The first-order valence-electron chi connectivity index (χ1n) is 10.2. The number of fused-ring (bicyclic) bond motifs is 1. The smallest absolute Gasteiger partial charge is 0.251 e. The third-order valence-electron chi connectivity index (χ3n) is 5.63. The number of nitrogens with zero attached hydrogens (tertiary/aromatic N) is 1. The fraction of sp³-hybridized carbons (Fsp3) is 0.435. The second-order valence-corrected chi connectivity index (χ2v) is 7.65. The van der Waals surface area contributed by atoms with E-state index in [2.05, 4.69) is 41.4 Å². The molecule has 2 aliphatic rings. The van der Waals surface area contributed by atoms with Crippen LogP contribution < -0.4 is 14.8 Å². The quantitative estimate of drug-likeness (QED) is 0.850. The molecule has 1 saturated heterocycles. The Labute approximate surface area is 166 Å². The predicted molar refractivity (Wildman–Crippen MR) is 109 cm³/mol. The number of nitrogens with one attached hydrogen (secondary N) is 1. The zero-order valence-corrected chi connectivity index (χ0v) is 16.4. The van der Waals surface area contributed by atoms with Crippen molar-refractivity contribution >= 4 is 5.91 Å². The summed E-state index contributed by atoms with van der Waals surface area (Å²) in [6.07, 6.45) is 5.03. The minimum atomic E-state index is -0.0785. The lowest BCUT2D eigenvalue weighted by Crippen LogP contribution is -2.38. The Bertz CT molecular complexity index is 811. The molecule has 0 bridgehead atoms. The van der Waals surface area contributed by atoms with Crippen LogP contribution in [-0.2, 0) is 0 Å². The maximum absolute atomic E-state index is 12.8. The minimum Gasteiger partial charge on any atom is -0.454 e. The van der Waals surface area contributed by atoms with Crippen LogP contribution in [0, 0.1) is 6.92 Å². The Balaban J connectivity index is 1.48. The molecule has 0 saturated carbocycles. The maximum atomic E-state index is 12.8. The molecule has 1 atom stereocenters. The highest BCUT2D eigenvalue weighted by Crippen LogP contribution is 2.32. The topological polar surface area (TPSA) is 50.8 Å². The van der Waals surface area contributed by atoms with Gasteiger partial charge in [-0.25, -0.2) is 0 Å². The molecule has 1 amide bonds. The van der Waals surface area contributed by atoms with Crippen molar-refractivity contribution in [3.05, 3.63) is 59.2 Å². The first-order chi connectivity index (χ1) is 13.7. The van der Waals surface area contributed by atoms with E-state index in [9.17, 15) is 4.79 Å². The van der Waals surface area contributed by atoms with Crippen LogP contribution in [-0.4, -0.2) is 37.2 Å². The third kappa shape index (κ3) is 4.30. The third-order valence-corrected chi connectivity index (χ3v) is 5.63. The molecule has 4 rings (SSSR count). The summed E-state index contributed by atoms with van der Waals surface area (Å²) in [7, 11) is 0. The van der Waals surface area contributed by atoms with E-state index in [-0.39, 0.29) is 18.7 Å². The summed E-state index contributed by atoms with van der Waals surface area (Å²) in [5, 5.41) is 3.14. The number of hydrogen-bond acceptors (Lipinski definition) is 4. The number of amides is 1. The zero-order chi connectivity index (χ0) is 19.3. The molecular formula is C23H28N2O3. The van der Waals surface area contributed by atoms with E-state index in [1.165, 1.54) is 36.8 Å². The van der Waals surface area contributed by atoms with Gasteiger partial charge in [0.05, 0.1) is 6.04 Å². The number of aryl methyl sites for hydroxylation is 1. The van der Waals surface area contributed by atoms with Crippen molar-refractivity contribution in [1.29, 1.82) is 0 Å². The number of ether oxygens (including phenoxy) is 2. The standard InChI is InChI=1S/C23H28N2O3/c1-17-6-8-18(9-7-17)20(25-12-4-2-3-5-13-25)15-24-23(26)19-10-11-21-22(14-19)28-16-27-21/h6-11,14,20H,2-5,12-13,15-16H2,1H3,(H,24,26). The van der Waals surface area contributed by atoms with Crippen molar-refractivity contribution in [3.8, 4) is 11.5 Å². The first-order valence-corrected chi connectivity index (χ1v) is 10.2. The van der Waals surface area contributed by atoms with Crippen LogP contribution >= 0.6 is 0 Å². The molecule has 1 fully saturated rings. The van der Waals surface area contributed by atoms with E-state index in [0.717, 1.165) is 13.1 Å². The summed E-state index contributed by atoms with van der Waals surface area (Å²) in [6, 6.07) is 14.2. The van der Waals surface area contributed by atoms with Crippen molar-refractivity contribution in [2.45, 2.75) is 38.6 Å². The zero-order valence-electron chi connectivity index (χ0n) is 16.4. The molecule has 1 unspecified atom stereocenters. The van der Waals surface area contributed by atoms with Crippen LogP contribution in [0.4, 0.5) is 0 Å². The molecule has 2 aliphatic heterocycles. The lowest BCUT2D eigenvalue weighted by molar-refractivity contribution is 0.0932. The Morgan fingerprint density at radius 2 is 1.71 bits per heavy atom. The molecule has 0 aromatic heterocycles. The van der Waals surface area contributed by atoms with Crippen LogP contribution in [0.25, 0.3) is 0 Å². The molecule has 5 heteroatoms. The van der Waals surface area contributed by atoms with E-state index in [1.54, 1.807) is 18.2 Å². The minimum absolute atomic E-state index is 0.0785. The van der Waals surface area contributed by atoms with Gasteiger partial charge >= 0.3 is 0 Å². The normalized spacial score (nSPS) is 17.8. The van der Waals surface area contributed by atoms with Gasteiger partial charge in [0.15, 0.2) is 11.5 Å². The van der Waals surface area contributed by atoms with Gasteiger partial charge in [0, 0.05) is 12.1 Å². The van der Waals surface area contributed by atoms with Gasteiger partial charge < -0.3 is 14.8 Å². The predicted octanol–water partition coefficient (Wildman–Crippen LogP) is 4.07. The highest BCUT2D eigenvalue weighted by atomic mass is 16.7. The summed E-state index contributed by atoms with van der Waals surface area (Å²) >= 11 is 0. The largest absolute Gasteiger partial charge is 0.454 e. The average molecular weight is 380 g/mol. The number of carbonyl (C=O) groups excluding carboxylic acids is 1. The Morgan fingerprint density at radius 1 is 1.00 bits per heavy atom. The number of carbonyl (C=O) groups is 1. The van der Waals surface area contributed by atoms with Crippen LogP contribution in [0.3, 0.4) is 0 Å². The molecular weight excluding hydrogens is 352 g/mol. The number of rotatable bonds is 5. The van der Waals surface area contributed by atoms with Gasteiger partial charge in [-0.15, -0.1) is 0 Å². The van der Waals surface area contributed by atoms with Gasteiger partial charge in [-0.2, -0.15) is 0 Å². The molecule has 0 aliphatic carbocycles. The highest BCUT2D eigenvalue weighted by Gasteiger charge is 2.23. The lowest BCUT2D eigenvalue weighted by atomic mass is 10.0. The maximum Gasteiger partial charge on any atom is 0.251 e. The molecule has 1 N–H and O–H groups in total. The molecule has 148 valence electrons. The van der Waals surface area contributed by atoms with E-state index < -0.39 is 0 Å². The number of benzene rings is 2. The summed E-state index contributed by atoms with van der Waals surface area (Å²) in [4.78, 5) is 15.3. The molecule has 0 spiro atoms. The van der Waals surface area contributed by atoms with E-state index in [1.807, 2.05) is 0 Å². The van der Waals surface area contributed by atoms with Gasteiger partial charge in [-0.3, -0.25) is 9.69 Å². The molecule has 0 radical (unpaired) electrons. The van der Waals surface area contributed by atoms with Gasteiger partial charge in [0.2, 0.25) is 6.79 Å². The molecule has 2 aromatic rings. The van der Waals surface area contributed by atoms with Crippen LogP contribution in [0.2, 0.25) is 0 Å². The van der Waals surface area contributed by atoms with E-state index >= 15 is 0 Å². The first kappa shape index (κ1) is 18.8. The van der Waals surface area contributed by atoms with Crippen LogP contribution in [0.5, 0.6) is 11.5 Å². The summed E-state index contributed by atoms with van der Waals surface area (Å²) < 4.78 is 10.7. The van der Waals surface area contributed by atoms with Crippen molar-refractivity contribution < 1.29 is 14.3 Å². The van der Waals surface area contributed by atoms with Crippen molar-refractivity contribution in [1.82, 2.24) is 10.2 Å². The number of hydrogen-bond donors (Lipinski definition) is 1. The molecule has 28 heavy (non-hydrogen) atoms.